The first-order valence-corrected chi connectivity index (χ1v) is 9.95. The third-order valence-electron chi connectivity index (χ3n) is 4.88. The lowest BCUT2D eigenvalue weighted by Crippen LogP contribution is -2.35. The van der Waals surface area contributed by atoms with Crippen LogP contribution in [0.3, 0.4) is 0 Å². The minimum absolute atomic E-state index is 0.151. The Morgan fingerprint density at radius 1 is 1.10 bits per heavy atom. The van der Waals surface area contributed by atoms with Gasteiger partial charge in [0.25, 0.3) is 0 Å². The van der Waals surface area contributed by atoms with Gasteiger partial charge in [0, 0.05) is 11.5 Å². The van der Waals surface area contributed by atoms with Gasteiger partial charge in [-0.15, -0.1) is 6.58 Å². The van der Waals surface area contributed by atoms with Crippen LogP contribution < -0.4 is 9.47 Å². The van der Waals surface area contributed by atoms with Crippen molar-refractivity contribution in [1.82, 2.24) is 0 Å². The zero-order valence-electron chi connectivity index (χ0n) is 17.2. The standard InChI is InChI=1S/C23H25F3O5/c1-3-4-9-28-19-7-5-15(10-18(19)24)16-11-30-21(31-12-16)13-29-20-8-6-17(14(2)27)22(25)23(20)26/h3,5-8,10,14,16,21,27H,1,4,9,11-13H2,2H3. The summed E-state index contributed by atoms with van der Waals surface area (Å²) < 4.78 is 64.1. The number of benzene rings is 2. The van der Waals surface area contributed by atoms with Gasteiger partial charge in [-0.3, -0.25) is 0 Å². The van der Waals surface area contributed by atoms with Crippen molar-refractivity contribution in [3.63, 3.8) is 0 Å². The molecule has 0 spiro atoms. The summed E-state index contributed by atoms with van der Waals surface area (Å²) in [5.74, 6) is -3.12. The fourth-order valence-electron chi connectivity index (χ4n) is 3.11. The highest BCUT2D eigenvalue weighted by Gasteiger charge is 2.26. The molecule has 8 heteroatoms. The fourth-order valence-corrected chi connectivity index (χ4v) is 3.11. The smallest absolute Gasteiger partial charge is 0.200 e. The number of hydrogen-bond acceptors (Lipinski definition) is 5. The molecule has 0 aromatic heterocycles. The molecular formula is C23H25F3O5. The highest BCUT2D eigenvalue weighted by molar-refractivity contribution is 5.33. The lowest BCUT2D eigenvalue weighted by Gasteiger charge is -2.29. The first-order valence-electron chi connectivity index (χ1n) is 9.95. The SMILES string of the molecule is C=CCCOc1ccc(C2COC(COc3ccc(C(C)O)c(F)c3F)OC2)cc1F. The Morgan fingerprint density at radius 3 is 2.45 bits per heavy atom. The van der Waals surface area contributed by atoms with Crippen LogP contribution in [0.15, 0.2) is 43.0 Å². The maximum atomic E-state index is 14.2. The summed E-state index contributed by atoms with van der Waals surface area (Å²) in [6.07, 6.45) is 0.402. The second kappa shape index (κ2) is 10.7. The van der Waals surface area contributed by atoms with Gasteiger partial charge in [0.05, 0.1) is 25.9 Å². The first kappa shape index (κ1) is 23.1. The molecule has 1 atom stereocenters. The number of ether oxygens (including phenoxy) is 4. The monoisotopic (exact) mass is 438 g/mol. The predicted molar refractivity (Wildman–Crippen MR) is 108 cm³/mol. The molecule has 1 saturated heterocycles. The van der Waals surface area contributed by atoms with Gasteiger partial charge in [0.2, 0.25) is 5.82 Å². The van der Waals surface area contributed by atoms with Crippen molar-refractivity contribution in [1.29, 1.82) is 0 Å². The van der Waals surface area contributed by atoms with Crippen molar-refractivity contribution in [2.24, 2.45) is 0 Å². The van der Waals surface area contributed by atoms with Gasteiger partial charge in [-0.1, -0.05) is 12.1 Å². The van der Waals surface area contributed by atoms with Gasteiger partial charge >= 0.3 is 0 Å². The summed E-state index contributed by atoms with van der Waals surface area (Å²) in [6, 6.07) is 7.21. The van der Waals surface area contributed by atoms with Gasteiger partial charge in [-0.05, 0) is 43.2 Å². The van der Waals surface area contributed by atoms with E-state index in [1.54, 1.807) is 18.2 Å². The lowest BCUT2D eigenvalue weighted by atomic mass is 10.00. The molecule has 0 radical (unpaired) electrons. The van der Waals surface area contributed by atoms with Gasteiger partial charge in [-0.25, -0.2) is 8.78 Å². The number of halogens is 3. The van der Waals surface area contributed by atoms with Gasteiger partial charge < -0.3 is 24.1 Å². The number of hydrogen-bond donors (Lipinski definition) is 1. The van der Waals surface area contributed by atoms with E-state index in [9.17, 15) is 18.3 Å². The van der Waals surface area contributed by atoms with Crippen LogP contribution in [0.5, 0.6) is 11.5 Å². The van der Waals surface area contributed by atoms with E-state index in [1.807, 2.05) is 0 Å². The minimum Gasteiger partial charge on any atom is -0.490 e. The normalized spacial score (nSPS) is 19.6. The quantitative estimate of drug-likeness (QED) is 0.456. The second-order valence-corrected chi connectivity index (χ2v) is 7.18. The molecule has 3 rings (SSSR count). The van der Waals surface area contributed by atoms with E-state index >= 15 is 0 Å². The molecule has 1 heterocycles. The van der Waals surface area contributed by atoms with Crippen LogP contribution in [0.2, 0.25) is 0 Å². The molecule has 2 aromatic carbocycles. The molecule has 0 bridgehead atoms. The van der Waals surface area contributed by atoms with E-state index in [-0.39, 0.29) is 42.8 Å². The van der Waals surface area contributed by atoms with E-state index in [2.05, 4.69) is 6.58 Å². The molecule has 1 unspecified atom stereocenters. The molecule has 1 aliphatic rings. The summed E-state index contributed by atoms with van der Waals surface area (Å²) in [5.41, 5.74) is 0.553. The van der Waals surface area contributed by atoms with E-state index in [1.165, 1.54) is 25.1 Å². The highest BCUT2D eigenvalue weighted by Crippen LogP contribution is 2.29. The average Bonchev–Trinajstić information content (AvgIpc) is 2.76. The van der Waals surface area contributed by atoms with Crippen LogP contribution in [0.1, 0.15) is 36.5 Å². The summed E-state index contributed by atoms with van der Waals surface area (Å²) in [6.45, 7) is 5.63. The zero-order chi connectivity index (χ0) is 22.4. The largest absolute Gasteiger partial charge is 0.490 e. The minimum atomic E-state index is -1.18. The molecular weight excluding hydrogens is 413 g/mol. The summed E-state index contributed by atoms with van der Waals surface area (Å²) in [5, 5.41) is 9.43. The summed E-state index contributed by atoms with van der Waals surface area (Å²) >= 11 is 0. The van der Waals surface area contributed by atoms with E-state index in [4.69, 9.17) is 18.9 Å². The van der Waals surface area contributed by atoms with Crippen molar-refractivity contribution in [2.45, 2.75) is 31.7 Å². The number of rotatable bonds is 9. The Morgan fingerprint density at radius 2 is 1.81 bits per heavy atom. The van der Waals surface area contributed by atoms with Gasteiger partial charge in [0.15, 0.2) is 29.4 Å². The van der Waals surface area contributed by atoms with Crippen LogP contribution in [0, 0.1) is 17.5 Å². The van der Waals surface area contributed by atoms with Crippen LogP contribution in [0.4, 0.5) is 13.2 Å². The molecule has 1 N–H and O–H groups in total. The van der Waals surface area contributed by atoms with Crippen molar-refractivity contribution >= 4 is 0 Å². The van der Waals surface area contributed by atoms with Gasteiger partial charge in [-0.2, -0.15) is 4.39 Å². The Bertz CT molecular complexity index is 895. The van der Waals surface area contributed by atoms with E-state index in [0.717, 1.165) is 0 Å². The molecule has 0 amide bonds. The predicted octanol–water partition coefficient (Wildman–Crippen LogP) is 4.65. The molecule has 31 heavy (non-hydrogen) atoms. The third kappa shape index (κ3) is 5.78. The van der Waals surface area contributed by atoms with Crippen molar-refractivity contribution < 1.29 is 37.2 Å². The van der Waals surface area contributed by atoms with Crippen LogP contribution in [-0.2, 0) is 9.47 Å². The molecule has 1 fully saturated rings. The Labute approximate surface area is 179 Å². The fraction of sp³-hybridized carbons (Fsp3) is 0.391. The van der Waals surface area contributed by atoms with Crippen LogP contribution >= 0.6 is 0 Å². The van der Waals surface area contributed by atoms with E-state index in [0.29, 0.717) is 18.6 Å². The zero-order valence-corrected chi connectivity index (χ0v) is 17.2. The average molecular weight is 438 g/mol. The molecule has 5 nitrogen and oxygen atoms in total. The third-order valence-corrected chi connectivity index (χ3v) is 4.88. The van der Waals surface area contributed by atoms with Crippen molar-refractivity contribution in [2.75, 3.05) is 26.4 Å². The van der Waals surface area contributed by atoms with Gasteiger partial charge in [0.1, 0.15) is 6.61 Å². The Hall–Kier alpha value is -2.55. The summed E-state index contributed by atoms with van der Waals surface area (Å²) in [4.78, 5) is 0. The maximum Gasteiger partial charge on any atom is 0.200 e. The van der Waals surface area contributed by atoms with Crippen molar-refractivity contribution in [3.8, 4) is 11.5 Å². The van der Waals surface area contributed by atoms with Crippen LogP contribution in [-0.4, -0.2) is 37.8 Å². The van der Waals surface area contributed by atoms with Crippen LogP contribution in [0.25, 0.3) is 0 Å². The lowest BCUT2D eigenvalue weighted by molar-refractivity contribution is -0.199. The Kier molecular flexibility index (Phi) is 7.95. The highest BCUT2D eigenvalue weighted by atomic mass is 19.2. The number of aliphatic hydroxyl groups is 1. The molecule has 2 aromatic rings. The van der Waals surface area contributed by atoms with E-state index < -0.39 is 29.8 Å². The molecule has 0 aliphatic carbocycles. The maximum absolute atomic E-state index is 14.2. The molecule has 0 saturated carbocycles. The Balaban J connectivity index is 1.52. The molecule has 1 aliphatic heterocycles. The number of aliphatic hydroxyl groups excluding tert-OH is 1. The van der Waals surface area contributed by atoms with Crippen molar-refractivity contribution in [3.05, 3.63) is 71.6 Å². The second-order valence-electron chi connectivity index (χ2n) is 7.18. The first-order chi connectivity index (χ1) is 14.9. The molecule has 168 valence electrons. The summed E-state index contributed by atoms with van der Waals surface area (Å²) in [7, 11) is 0. The topological polar surface area (TPSA) is 57.2 Å².